The molecule has 1 aliphatic heterocycles. The van der Waals surface area contributed by atoms with Crippen LogP contribution in [0, 0.1) is 5.92 Å². The molecule has 134 valence electrons. The predicted molar refractivity (Wildman–Crippen MR) is 98.9 cm³/mol. The van der Waals surface area contributed by atoms with Gasteiger partial charge in [-0.3, -0.25) is 4.79 Å². The van der Waals surface area contributed by atoms with Crippen LogP contribution in [-0.2, 0) is 0 Å². The molecule has 1 N–H and O–H groups in total. The van der Waals surface area contributed by atoms with Crippen LogP contribution in [0.4, 0.5) is 5.13 Å². The number of aromatic nitrogens is 1. The third-order valence-electron chi connectivity index (χ3n) is 4.41. The number of para-hydroxylation sites is 1. The number of anilines is 1. The second-order valence-corrected chi connectivity index (χ2v) is 6.89. The molecule has 6 nitrogen and oxygen atoms in total. The standard InChI is InChI=1S/C18H23N3O3S/c1-23-15-7-3-6-14(16(15)24-2)17(22)20-11-13-5-4-9-21(12-13)18-19-8-10-25-18/h3,6-8,10,13H,4-5,9,11-12H2,1-2H3,(H,20,22). The Morgan fingerprint density at radius 3 is 3.00 bits per heavy atom. The van der Waals surface area contributed by atoms with Crippen LogP contribution in [0.5, 0.6) is 11.5 Å². The summed E-state index contributed by atoms with van der Waals surface area (Å²) in [5.74, 6) is 1.30. The van der Waals surface area contributed by atoms with E-state index < -0.39 is 0 Å². The quantitative estimate of drug-likeness (QED) is 0.857. The van der Waals surface area contributed by atoms with Crippen LogP contribution in [-0.4, -0.2) is 44.7 Å². The first-order chi connectivity index (χ1) is 12.2. The van der Waals surface area contributed by atoms with E-state index in [1.807, 2.05) is 11.6 Å². The molecule has 1 unspecified atom stereocenters. The van der Waals surface area contributed by atoms with Gasteiger partial charge in [-0.15, -0.1) is 11.3 Å². The smallest absolute Gasteiger partial charge is 0.255 e. The predicted octanol–water partition coefficient (Wildman–Crippen LogP) is 2.81. The normalized spacial score (nSPS) is 17.2. The van der Waals surface area contributed by atoms with Crippen molar-refractivity contribution in [3.63, 3.8) is 0 Å². The molecule has 1 amide bonds. The summed E-state index contributed by atoms with van der Waals surface area (Å²) in [6, 6.07) is 5.32. The number of hydrogen-bond acceptors (Lipinski definition) is 6. The fourth-order valence-electron chi connectivity index (χ4n) is 3.18. The highest BCUT2D eigenvalue weighted by molar-refractivity contribution is 7.13. The van der Waals surface area contributed by atoms with Crippen LogP contribution < -0.4 is 19.7 Å². The van der Waals surface area contributed by atoms with Gasteiger partial charge in [0.1, 0.15) is 0 Å². The van der Waals surface area contributed by atoms with Gasteiger partial charge in [0.05, 0.1) is 19.8 Å². The van der Waals surface area contributed by atoms with Gasteiger partial charge >= 0.3 is 0 Å². The van der Waals surface area contributed by atoms with E-state index in [-0.39, 0.29) is 5.91 Å². The molecule has 1 aromatic carbocycles. The lowest BCUT2D eigenvalue weighted by Gasteiger charge is -2.32. The van der Waals surface area contributed by atoms with Crippen molar-refractivity contribution in [3.8, 4) is 11.5 Å². The SMILES string of the molecule is COc1cccc(C(=O)NCC2CCCN(c3nccs3)C2)c1OC. The first kappa shape index (κ1) is 17.5. The maximum absolute atomic E-state index is 12.6. The van der Waals surface area contributed by atoms with E-state index in [0.717, 1.165) is 31.1 Å². The highest BCUT2D eigenvalue weighted by atomic mass is 32.1. The molecule has 1 saturated heterocycles. The Hall–Kier alpha value is -2.28. The monoisotopic (exact) mass is 361 g/mol. The molecule has 1 fully saturated rings. The van der Waals surface area contributed by atoms with Gasteiger partial charge in [0, 0.05) is 31.2 Å². The Morgan fingerprint density at radius 1 is 1.40 bits per heavy atom. The van der Waals surface area contributed by atoms with E-state index in [9.17, 15) is 4.79 Å². The molecule has 0 radical (unpaired) electrons. The Kier molecular flexibility index (Phi) is 5.75. The Morgan fingerprint density at radius 2 is 2.28 bits per heavy atom. The highest BCUT2D eigenvalue weighted by Gasteiger charge is 2.23. The number of hydrogen-bond donors (Lipinski definition) is 1. The number of rotatable bonds is 6. The number of benzene rings is 1. The second kappa shape index (κ2) is 8.20. The number of amides is 1. The van der Waals surface area contributed by atoms with Gasteiger partial charge in [0.25, 0.3) is 5.91 Å². The summed E-state index contributed by atoms with van der Waals surface area (Å²) < 4.78 is 10.6. The molecule has 1 aromatic heterocycles. The third-order valence-corrected chi connectivity index (χ3v) is 5.24. The third kappa shape index (κ3) is 4.04. The minimum atomic E-state index is -0.137. The van der Waals surface area contributed by atoms with Crippen molar-refractivity contribution < 1.29 is 14.3 Å². The molecule has 0 saturated carbocycles. The van der Waals surface area contributed by atoms with Gasteiger partial charge in [-0.2, -0.15) is 0 Å². The first-order valence-corrected chi connectivity index (χ1v) is 9.24. The van der Waals surface area contributed by atoms with Gasteiger partial charge in [0.2, 0.25) is 0 Å². The maximum Gasteiger partial charge on any atom is 0.255 e. The first-order valence-electron chi connectivity index (χ1n) is 8.36. The van der Waals surface area contributed by atoms with Crippen molar-refractivity contribution in [2.45, 2.75) is 12.8 Å². The number of thiazole rings is 1. The summed E-state index contributed by atoms with van der Waals surface area (Å²) in [7, 11) is 3.11. The fraction of sp³-hybridized carbons (Fsp3) is 0.444. The number of carbonyl (C=O) groups excluding carboxylic acids is 1. The molecule has 0 aliphatic carbocycles. The van der Waals surface area contributed by atoms with Crippen LogP contribution in [0.25, 0.3) is 0 Å². The number of carbonyl (C=O) groups is 1. The van der Waals surface area contributed by atoms with Crippen LogP contribution in [0.15, 0.2) is 29.8 Å². The molecule has 7 heteroatoms. The molecular weight excluding hydrogens is 338 g/mol. The van der Waals surface area contributed by atoms with Gasteiger partial charge in [-0.25, -0.2) is 4.98 Å². The van der Waals surface area contributed by atoms with E-state index in [1.54, 1.807) is 43.8 Å². The summed E-state index contributed by atoms with van der Waals surface area (Å²) >= 11 is 1.66. The van der Waals surface area contributed by atoms with Crippen LogP contribution in [0.2, 0.25) is 0 Å². The van der Waals surface area contributed by atoms with E-state index in [1.165, 1.54) is 0 Å². The van der Waals surface area contributed by atoms with Crippen molar-refractivity contribution in [1.82, 2.24) is 10.3 Å². The van der Waals surface area contributed by atoms with Crippen LogP contribution >= 0.6 is 11.3 Å². The van der Waals surface area contributed by atoms with Crippen LogP contribution in [0.1, 0.15) is 23.2 Å². The zero-order valence-electron chi connectivity index (χ0n) is 14.5. The Bertz CT molecular complexity index is 706. The zero-order chi connectivity index (χ0) is 17.6. The molecule has 2 aromatic rings. The topological polar surface area (TPSA) is 63.7 Å². The minimum absolute atomic E-state index is 0.137. The summed E-state index contributed by atoms with van der Waals surface area (Å²) in [4.78, 5) is 19.3. The molecule has 0 spiro atoms. The average Bonchev–Trinajstić information content (AvgIpc) is 3.20. The molecule has 0 bridgehead atoms. The van der Waals surface area contributed by atoms with Crippen LogP contribution in [0.3, 0.4) is 0 Å². The molecular formula is C18H23N3O3S. The van der Waals surface area contributed by atoms with E-state index in [4.69, 9.17) is 9.47 Å². The minimum Gasteiger partial charge on any atom is -0.493 e. The lowest BCUT2D eigenvalue weighted by Crippen LogP contribution is -2.41. The summed E-state index contributed by atoms with van der Waals surface area (Å²) in [5.41, 5.74) is 0.495. The van der Waals surface area contributed by atoms with Gasteiger partial charge < -0.3 is 19.7 Å². The Labute approximate surface area is 151 Å². The van der Waals surface area contributed by atoms with Crippen molar-refractivity contribution in [3.05, 3.63) is 35.3 Å². The van der Waals surface area contributed by atoms with Gasteiger partial charge in [-0.1, -0.05) is 6.07 Å². The summed E-state index contributed by atoms with van der Waals surface area (Å²) in [6.45, 7) is 2.59. The maximum atomic E-state index is 12.6. The van der Waals surface area contributed by atoms with Crippen molar-refractivity contribution in [2.75, 3.05) is 38.8 Å². The lowest BCUT2D eigenvalue weighted by atomic mass is 9.98. The number of ether oxygens (including phenoxy) is 2. The highest BCUT2D eigenvalue weighted by Crippen LogP contribution is 2.30. The molecule has 3 rings (SSSR count). The molecule has 2 heterocycles. The molecule has 1 aliphatic rings. The van der Waals surface area contributed by atoms with Crippen molar-refractivity contribution in [1.29, 1.82) is 0 Å². The van der Waals surface area contributed by atoms with Crippen molar-refractivity contribution in [2.24, 2.45) is 5.92 Å². The summed E-state index contributed by atoms with van der Waals surface area (Å²) in [5, 5.41) is 6.10. The van der Waals surface area contributed by atoms with E-state index >= 15 is 0 Å². The second-order valence-electron chi connectivity index (χ2n) is 6.02. The molecule has 1 atom stereocenters. The fourth-order valence-corrected chi connectivity index (χ4v) is 3.86. The zero-order valence-corrected chi connectivity index (χ0v) is 15.3. The van der Waals surface area contributed by atoms with Gasteiger partial charge in [-0.05, 0) is 30.9 Å². The van der Waals surface area contributed by atoms with E-state index in [2.05, 4.69) is 15.2 Å². The van der Waals surface area contributed by atoms with Crippen molar-refractivity contribution >= 4 is 22.4 Å². The molecule has 25 heavy (non-hydrogen) atoms. The Balaban J connectivity index is 1.61. The number of nitrogens with one attached hydrogen (secondary N) is 1. The number of nitrogens with zero attached hydrogens (tertiary/aromatic N) is 2. The summed E-state index contributed by atoms with van der Waals surface area (Å²) in [6.07, 6.45) is 4.06. The van der Waals surface area contributed by atoms with Gasteiger partial charge in [0.15, 0.2) is 16.6 Å². The number of piperidine rings is 1. The average molecular weight is 361 g/mol. The van der Waals surface area contributed by atoms with E-state index in [0.29, 0.717) is 29.5 Å². The lowest BCUT2D eigenvalue weighted by molar-refractivity contribution is 0.0942. The largest absolute Gasteiger partial charge is 0.493 e. The number of methoxy groups -OCH3 is 2.